The molecule has 0 spiro atoms. The predicted octanol–water partition coefficient (Wildman–Crippen LogP) is 2.18. The Kier molecular flexibility index (Phi) is 6.11. The number of hydrogen-bond acceptors (Lipinski definition) is 6. The first-order chi connectivity index (χ1) is 13.6. The first kappa shape index (κ1) is 19.2. The number of amides is 2. The highest BCUT2D eigenvalue weighted by Gasteiger charge is 2.14. The Balaban J connectivity index is 1.44. The molecule has 1 heterocycles. The summed E-state index contributed by atoms with van der Waals surface area (Å²) in [5.74, 6) is 0.383. The van der Waals surface area contributed by atoms with E-state index in [1.54, 1.807) is 31.2 Å². The van der Waals surface area contributed by atoms with Crippen molar-refractivity contribution in [2.75, 3.05) is 13.4 Å². The summed E-state index contributed by atoms with van der Waals surface area (Å²) in [5.41, 5.74) is 7.57. The van der Waals surface area contributed by atoms with Crippen LogP contribution in [0.4, 0.5) is 0 Å². The molecule has 0 radical (unpaired) electrons. The van der Waals surface area contributed by atoms with Crippen LogP contribution >= 0.6 is 0 Å². The number of nitrogens with zero attached hydrogens (tertiary/aromatic N) is 1. The van der Waals surface area contributed by atoms with Gasteiger partial charge in [0.15, 0.2) is 18.1 Å². The van der Waals surface area contributed by atoms with Gasteiger partial charge in [0.2, 0.25) is 6.79 Å². The van der Waals surface area contributed by atoms with Crippen LogP contribution in [-0.4, -0.2) is 30.9 Å². The van der Waals surface area contributed by atoms with Crippen molar-refractivity contribution in [1.29, 1.82) is 0 Å². The number of ether oxygens (including phenoxy) is 2. The van der Waals surface area contributed by atoms with Gasteiger partial charge in [0.1, 0.15) is 0 Å². The summed E-state index contributed by atoms with van der Waals surface area (Å²) in [6.45, 7) is 3.64. The van der Waals surface area contributed by atoms with Gasteiger partial charge in [-0.25, -0.2) is 0 Å². The second-order valence-electron chi connectivity index (χ2n) is 6.07. The molecule has 2 aromatic carbocycles. The van der Waals surface area contributed by atoms with E-state index in [1.165, 1.54) is 0 Å². The Bertz CT molecular complexity index is 893. The molecule has 2 aromatic rings. The van der Waals surface area contributed by atoms with Crippen molar-refractivity contribution in [2.45, 2.75) is 20.3 Å². The van der Waals surface area contributed by atoms with E-state index >= 15 is 0 Å². The van der Waals surface area contributed by atoms with E-state index in [0.29, 0.717) is 22.8 Å². The second-order valence-corrected chi connectivity index (χ2v) is 6.07. The Labute approximate surface area is 162 Å². The summed E-state index contributed by atoms with van der Waals surface area (Å²) in [6.07, 6.45) is 0.891. The second kappa shape index (κ2) is 8.90. The van der Waals surface area contributed by atoms with Crippen molar-refractivity contribution in [3.8, 4) is 11.5 Å². The SMILES string of the molecule is CCc1ccc(C(=O)NNC(=O)CO/N=C(/C)c2ccc3c(c2)OCO3)cc1. The van der Waals surface area contributed by atoms with E-state index in [4.69, 9.17) is 14.3 Å². The Morgan fingerprint density at radius 1 is 1.04 bits per heavy atom. The monoisotopic (exact) mass is 383 g/mol. The number of fused-ring (bicyclic) bond motifs is 1. The van der Waals surface area contributed by atoms with Crippen LogP contribution in [0.25, 0.3) is 0 Å². The van der Waals surface area contributed by atoms with E-state index in [1.807, 2.05) is 25.1 Å². The van der Waals surface area contributed by atoms with E-state index < -0.39 is 11.8 Å². The van der Waals surface area contributed by atoms with Gasteiger partial charge in [-0.1, -0.05) is 24.2 Å². The Morgan fingerprint density at radius 2 is 1.75 bits per heavy atom. The minimum absolute atomic E-state index is 0.195. The number of hydrogen-bond donors (Lipinski definition) is 2. The molecule has 8 heteroatoms. The van der Waals surface area contributed by atoms with Gasteiger partial charge >= 0.3 is 0 Å². The quantitative estimate of drug-likeness (QED) is 0.589. The molecule has 2 N–H and O–H groups in total. The number of hydrazine groups is 1. The minimum atomic E-state index is -0.527. The van der Waals surface area contributed by atoms with Crippen LogP contribution < -0.4 is 20.3 Å². The lowest BCUT2D eigenvalue weighted by atomic mass is 10.1. The molecule has 28 heavy (non-hydrogen) atoms. The molecule has 0 fully saturated rings. The number of carbonyl (C=O) groups excluding carboxylic acids is 2. The highest BCUT2D eigenvalue weighted by atomic mass is 16.7. The van der Waals surface area contributed by atoms with Crippen LogP contribution in [-0.2, 0) is 16.1 Å². The number of carbonyl (C=O) groups is 2. The molecule has 8 nitrogen and oxygen atoms in total. The zero-order valence-electron chi connectivity index (χ0n) is 15.7. The fourth-order valence-corrected chi connectivity index (χ4v) is 2.49. The van der Waals surface area contributed by atoms with E-state index in [-0.39, 0.29) is 13.4 Å². The van der Waals surface area contributed by atoms with Crippen LogP contribution in [0.3, 0.4) is 0 Å². The lowest BCUT2D eigenvalue weighted by Crippen LogP contribution is -2.43. The van der Waals surface area contributed by atoms with Gasteiger partial charge < -0.3 is 14.3 Å². The predicted molar refractivity (Wildman–Crippen MR) is 102 cm³/mol. The van der Waals surface area contributed by atoms with Crippen molar-refractivity contribution in [3.63, 3.8) is 0 Å². The van der Waals surface area contributed by atoms with Gasteiger partial charge in [-0.2, -0.15) is 0 Å². The molecule has 1 aliphatic rings. The van der Waals surface area contributed by atoms with E-state index in [2.05, 4.69) is 16.0 Å². The van der Waals surface area contributed by atoms with Crippen molar-refractivity contribution < 1.29 is 23.9 Å². The molecule has 0 aliphatic carbocycles. The first-order valence-electron chi connectivity index (χ1n) is 8.81. The Hall–Kier alpha value is -3.55. The largest absolute Gasteiger partial charge is 0.454 e. The maximum absolute atomic E-state index is 12.0. The molecule has 0 aromatic heterocycles. The minimum Gasteiger partial charge on any atom is -0.454 e. The number of oxime groups is 1. The van der Waals surface area contributed by atoms with Gasteiger partial charge in [0.25, 0.3) is 11.8 Å². The van der Waals surface area contributed by atoms with Crippen molar-refractivity contribution in [1.82, 2.24) is 10.9 Å². The molecule has 0 atom stereocenters. The summed E-state index contributed by atoms with van der Waals surface area (Å²) in [5, 5.41) is 3.91. The van der Waals surface area contributed by atoms with Gasteiger partial charge in [-0.15, -0.1) is 0 Å². The highest BCUT2D eigenvalue weighted by molar-refractivity contribution is 5.99. The van der Waals surface area contributed by atoms with Crippen molar-refractivity contribution in [2.24, 2.45) is 5.16 Å². The van der Waals surface area contributed by atoms with Gasteiger partial charge in [-0.05, 0) is 49.2 Å². The number of nitrogens with one attached hydrogen (secondary N) is 2. The average molecular weight is 383 g/mol. The number of aryl methyl sites for hydroxylation is 1. The smallest absolute Gasteiger partial charge is 0.279 e. The normalized spacial score (nSPS) is 12.4. The molecule has 0 saturated heterocycles. The summed E-state index contributed by atoms with van der Waals surface area (Å²) < 4.78 is 10.6. The van der Waals surface area contributed by atoms with Crippen molar-refractivity contribution in [3.05, 3.63) is 59.2 Å². The topological polar surface area (TPSA) is 98.3 Å². The molecule has 0 unspecified atom stereocenters. The molecule has 3 rings (SSSR count). The summed E-state index contributed by atoms with van der Waals surface area (Å²) >= 11 is 0. The first-order valence-corrected chi connectivity index (χ1v) is 8.81. The fraction of sp³-hybridized carbons (Fsp3) is 0.250. The molecular formula is C20H21N3O5. The van der Waals surface area contributed by atoms with Gasteiger partial charge in [-0.3, -0.25) is 20.4 Å². The lowest BCUT2D eigenvalue weighted by Gasteiger charge is -2.08. The van der Waals surface area contributed by atoms with Crippen LogP contribution in [0.1, 0.15) is 35.3 Å². The third kappa shape index (κ3) is 4.79. The lowest BCUT2D eigenvalue weighted by molar-refractivity contribution is -0.126. The van der Waals surface area contributed by atoms with E-state index in [9.17, 15) is 9.59 Å². The maximum Gasteiger partial charge on any atom is 0.279 e. The number of rotatable bonds is 6. The van der Waals surface area contributed by atoms with Crippen molar-refractivity contribution >= 4 is 17.5 Å². The third-order valence-corrected chi connectivity index (χ3v) is 4.13. The van der Waals surface area contributed by atoms with E-state index in [0.717, 1.165) is 17.5 Å². The Morgan fingerprint density at radius 3 is 2.50 bits per heavy atom. The molecular weight excluding hydrogens is 362 g/mol. The highest BCUT2D eigenvalue weighted by Crippen LogP contribution is 2.32. The third-order valence-electron chi connectivity index (χ3n) is 4.13. The zero-order valence-corrected chi connectivity index (χ0v) is 15.7. The fourth-order valence-electron chi connectivity index (χ4n) is 2.49. The molecule has 1 aliphatic heterocycles. The summed E-state index contributed by atoms with van der Waals surface area (Å²) in [6, 6.07) is 12.5. The van der Waals surface area contributed by atoms with Crippen LogP contribution in [0.15, 0.2) is 47.6 Å². The standard InChI is InChI=1S/C20H21N3O5/c1-3-14-4-6-15(7-5-14)20(25)22-21-19(24)11-28-23-13(2)16-8-9-17-18(10-16)27-12-26-17/h4-10H,3,11-12H2,1-2H3,(H,21,24)(H,22,25)/b23-13-. The van der Waals surface area contributed by atoms with Crippen LogP contribution in [0.5, 0.6) is 11.5 Å². The molecule has 0 bridgehead atoms. The van der Waals surface area contributed by atoms with Gasteiger partial charge in [0.05, 0.1) is 5.71 Å². The van der Waals surface area contributed by atoms with Gasteiger partial charge in [0, 0.05) is 11.1 Å². The van der Waals surface area contributed by atoms with Crippen LogP contribution in [0.2, 0.25) is 0 Å². The maximum atomic E-state index is 12.0. The molecule has 2 amide bonds. The number of benzene rings is 2. The zero-order chi connectivity index (χ0) is 19.9. The summed E-state index contributed by atoms with van der Waals surface area (Å²) in [4.78, 5) is 28.8. The average Bonchev–Trinajstić information content (AvgIpc) is 3.19. The molecule has 0 saturated carbocycles. The summed E-state index contributed by atoms with van der Waals surface area (Å²) in [7, 11) is 0. The van der Waals surface area contributed by atoms with Crippen LogP contribution in [0, 0.1) is 0 Å². The molecule has 146 valence electrons.